The first-order valence-corrected chi connectivity index (χ1v) is 5.34. The Morgan fingerprint density at radius 2 is 2.15 bits per heavy atom. The summed E-state index contributed by atoms with van der Waals surface area (Å²) in [6.07, 6.45) is 1.95. The highest BCUT2D eigenvalue weighted by Crippen LogP contribution is 2.27. The molecule has 0 saturated heterocycles. The first-order chi connectivity index (χ1) is 6.19. The zero-order chi connectivity index (χ0) is 9.84. The molecule has 0 aliphatic carbocycles. The van der Waals surface area contributed by atoms with Gasteiger partial charge in [0, 0.05) is 5.69 Å². The summed E-state index contributed by atoms with van der Waals surface area (Å²) in [5, 5.41) is 0.834. The van der Waals surface area contributed by atoms with Crippen LogP contribution < -0.4 is 0 Å². The van der Waals surface area contributed by atoms with Gasteiger partial charge in [0.1, 0.15) is 5.03 Å². The van der Waals surface area contributed by atoms with Crippen LogP contribution in [-0.4, -0.2) is 11.2 Å². The molecular formula is C10H12N2S. The van der Waals surface area contributed by atoms with Crippen molar-refractivity contribution >= 4 is 17.4 Å². The van der Waals surface area contributed by atoms with E-state index in [4.69, 9.17) is 6.57 Å². The molecule has 0 aliphatic heterocycles. The van der Waals surface area contributed by atoms with Gasteiger partial charge in [-0.3, -0.25) is 4.98 Å². The molecule has 0 fully saturated rings. The third-order valence-corrected chi connectivity index (χ3v) is 2.45. The van der Waals surface area contributed by atoms with Crippen LogP contribution in [0, 0.1) is 6.57 Å². The maximum atomic E-state index is 6.94. The minimum atomic E-state index is 0.422. The summed E-state index contributed by atoms with van der Waals surface area (Å²) in [6, 6.07) is 3.78. The zero-order valence-corrected chi connectivity index (χ0v) is 8.85. The van der Waals surface area contributed by atoms with E-state index < -0.39 is 0 Å². The molecule has 0 saturated carbocycles. The fourth-order valence-corrected chi connectivity index (χ4v) is 1.52. The van der Waals surface area contributed by atoms with Crippen LogP contribution in [-0.2, 0) is 0 Å². The second-order valence-corrected chi connectivity index (χ2v) is 3.83. The summed E-state index contributed by atoms with van der Waals surface area (Å²) >= 11 is 1.53. The molecular weight excluding hydrogens is 180 g/mol. The first-order valence-electron chi connectivity index (χ1n) is 4.11. The van der Waals surface area contributed by atoms with E-state index in [9.17, 15) is 0 Å². The first kappa shape index (κ1) is 10.1. The van der Waals surface area contributed by atoms with Gasteiger partial charge in [0.25, 0.3) is 0 Å². The average Bonchev–Trinajstić information content (AvgIpc) is 2.16. The van der Waals surface area contributed by atoms with Gasteiger partial charge in [-0.1, -0.05) is 26.0 Å². The molecule has 0 aromatic carbocycles. The molecule has 3 heteroatoms. The van der Waals surface area contributed by atoms with Gasteiger partial charge in [0.15, 0.2) is 0 Å². The average molecular weight is 192 g/mol. The van der Waals surface area contributed by atoms with Crippen LogP contribution in [0.1, 0.15) is 25.5 Å². The second kappa shape index (κ2) is 4.29. The molecule has 0 aliphatic rings. The molecule has 0 atom stereocenters. The highest BCUT2D eigenvalue weighted by atomic mass is 32.2. The quantitative estimate of drug-likeness (QED) is 0.527. The van der Waals surface area contributed by atoms with Crippen molar-refractivity contribution in [2.75, 3.05) is 6.26 Å². The Bertz CT molecular complexity index is 339. The van der Waals surface area contributed by atoms with Crippen molar-refractivity contribution in [3.8, 4) is 0 Å². The van der Waals surface area contributed by atoms with E-state index in [2.05, 4.69) is 23.7 Å². The smallest absolute Gasteiger partial charge is 0.218 e. The summed E-state index contributed by atoms with van der Waals surface area (Å²) < 4.78 is 0. The Morgan fingerprint density at radius 3 is 2.62 bits per heavy atom. The highest BCUT2D eigenvalue weighted by Gasteiger charge is 2.06. The Morgan fingerprint density at radius 1 is 1.46 bits per heavy atom. The lowest BCUT2D eigenvalue weighted by atomic mass is 10.1. The van der Waals surface area contributed by atoms with Gasteiger partial charge in [-0.25, -0.2) is 4.85 Å². The van der Waals surface area contributed by atoms with Crippen molar-refractivity contribution in [2.45, 2.75) is 24.8 Å². The number of aromatic nitrogens is 1. The van der Waals surface area contributed by atoms with E-state index in [1.165, 1.54) is 11.8 Å². The zero-order valence-electron chi connectivity index (χ0n) is 8.03. The van der Waals surface area contributed by atoms with Crippen LogP contribution in [0.5, 0.6) is 0 Å². The van der Waals surface area contributed by atoms with E-state index in [0.29, 0.717) is 11.6 Å². The predicted octanol–water partition coefficient (Wildman–Crippen LogP) is 3.48. The number of pyridine rings is 1. The molecule has 0 amide bonds. The molecule has 1 aromatic heterocycles. The highest BCUT2D eigenvalue weighted by molar-refractivity contribution is 7.98. The Hall–Kier alpha value is -1.01. The van der Waals surface area contributed by atoms with E-state index >= 15 is 0 Å². The fourth-order valence-electron chi connectivity index (χ4n) is 1.00. The molecule has 1 rings (SSSR count). The standard InChI is InChI=1S/C10H12N2S/c1-7(2)8-5-6-9(11-3)10(12-8)13-4/h5-7H,1-2,4H3. The van der Waals surface area contributed by atoms with E-state index in [-0.39, 0.29) is 0 Å². The molecule has 0 bridgehead atoms. The molecule has 0 unspecified atom stereocenters. The number of rotatable bonds is 2. The van der Waals surface area contributed by atoms with Gasteiger partial charge in [-0.05, 0) is 12.2 Å². The monoisotopic (exact) mass is 192 g/mol. The molecule has 68 valence electrons. The lowest BCUT2D eigenvalue weighted by molar-refractivity contribution is 0.806. The summed E-state index contributed by atoms with van der Waals surface area (Å²) in [5.41, 5.74) is 1.70. The summed E-state index contributed by atoms with van der Waals surface area (Å²) in [7, 11) is 0. The van der Waals surface area contributed by atoms with Crippen molar-refractivity contribution < 1.29 is 0 Å². The summed E-state index contributed by atoms with van der Waals surface area (Å²) in [5.74, 6) is 0.422. The Balaban J connectivity index is 3.15. The van der Waals surface area contributed by atoms with E-state index in [1.807, 2.05) is 18.4 Å². The van der Waals surface area contributed by atoms with Gasteiger partial charge in [0.2, 0.25) is 5.69 Å². The predicted molar refractivity (Wildman–Crippen MR) is 56.4 cm³/mol. The van der Waals surface area contributed by atoms with Gasteiger partial charge in [0.05, 0.1) is 6.57 Å². The number of hydrogen-bond donors (Lipinski definition) is 0. The van der Waals surface area contributed by atoms with Crippen LogP contribution >= 0.6 is 11.8 Å². The minimum Gasteiger partial charge on any atom is -0.258 e. The van der Waals surface area contributed by atoms with Crippen molar-refractivity contribution in [3.05, 3.63) is 29.2 Å². The van der Waals surface area contributed by atoms with Crippen LogP contribution in [0.4, 0.5) is 5.69 Å². The van der Waals surface area contributed by atoms with Gasteiger partial charge < -0.3 is 0 Å². The number of nitrogens with zero attached hydrogens (tertiary/aromatic N) is 2. The molecule has 1 heterocycles. The van der Waals surface area contributed by atoms with E-state index in [0.717, 1.165) is 10.7 Å². The van der Waals surface area contributed by atoms with Crippen LogP contribution in [0.3, 0.4) is 0 Å². The van der Waals surface area contributed by atoms with Gasteiger partial charge in [-0.2, -0.15) is 0 Å². The molecule has 0 N–H and O–H groups in total. The third kappa shape index (κ3) is 2.22. The maximum Gasteiger partial charge on any atom is 0.218 e. The largest absolute Gasteiger partial charge is 0.258 e. The Labute approximate surface area is 83.2 Å². The number of thioether (sulfide) groups is 1. The third-order valence-electron chi connectivity index (χ3n) is 1.77. The van der Waals surface area contributed by atoms with Gasteiger partial charge >= 0.3 is 0 Å². The van der Waals surface area contributed by atoms with Crippen LogP contribution in [0.15, 0.2) is 17.2 Å². The fraction of sp³-hybridized carbons (Fsp3) is 0.400. The van der Waals surface area contributed by atoms with Crippen molar-refractivity contribution in [2.24, 2.45) is 0 Å². The SMILES string of the molecule is [C-]#[N+]c1ccc(C(C)C)nc1SC. The molecule has 0 radical (unpaired) electrons. The lowest BCUT2D eigenvalue weighted by Gasteiger charge is -2.06. The molecule has 13 heavy (non-hydrogen) atoms. The van der Waals surface area contributed by atoms with Crippen molar-refractivity contribution in [1.29, 1.82) is 0 Å². The summed E-state index contributed by atoms with van der Waals surface area (Å²) in [6.45, 7) is 11.1. The minimum absolute atomic E-state index is 0.422. The van der Waals surface area contributed by atoms with Crippen molar-refractivity contribution in [3.63, 3.8) is 0 Å². The topological polar surface area (TPSA) is 17.2 Å². The van der Waals surface area contributed by atoms with Crippen molar-refractivity contribution in [1.82, 2.24) is 4.98 Å². The van der Waals surface area contributed by atoms with Gasteiger partial charge in [-0.15, -0.1) is 11.8 Å². The van der Waals surface area contributed by atoms with E-state index in [1.54, 1.807) is 0 Å². The van der Waals surface area contributed by atoms with Crippen LogP contribution in [0.2, 0.25) is 0 Å². The summed E-state index contributed by atoms with van der Waals surface area (Å²) in [4.78, 5) is 7.82. The molecule has 0 spiro atoms. The Kier molecular flexibility index (Phi) is 3.32. The normalized spacial score (nSPS) is 10.1. The second-order valence-electron chi connectivity index (χ2n) is 3.03. The maximum absolute atomic E-state index is 6.94. The molecule has 1 aromatic rings. The molecule has 2 nitrogen and oxygen atoms in total. The lowest BCUT2D eigenvalue weighted by Crippen LogP contribution is -1.92. The van der Waals surface area contributed by atoms with Crippen LogP contribution in [0.25, 0.3) is 4.85 Å². The number of hydrogen-bond acceptors (Lipinski definition) is 2.